The van der Waals surface area contributed by atoms with Crippen LogP contribution in [0.25, 0.3) is 57.5 Å². The minimum atomic E-state index is -0.942. The van der Waals surface area contributed by atoms with E-state index in [-0.39, 0.29) is 56.6 Å². The summed E-state index contributed by atoms with van der Waals surface area (Å²) in [6, 6.07) is 21.0. The van der Waals surface area contributed by atoms with Crippen LogP contribution in [0.2, 0.25) is 0 Å². The van der Waals surface area contributed by atoms with E-state index in [9.17, 15) is 9.90 Å². The molecule has 0 saturated heterocycles. The van der Waals surface area contributed by atoms with Gasteiger partial charge in [0.15, 0.2) is 0 Å². The SMILES string of the molecule is O=C(O)c1ccc(-c2cc3cc4nc(cc5ccc(cc6nc(cc2[nH]3)C=C6)[nH]5)C=C4)cc1.[Br-].[Br-].[Fe+2]. The molecule has 0 fully saturated rings. The van der Waals surface area contributed by atoms with E-state index in [0.717, 1.165) is 56.0 Å². The van der Waals surface area contributed by atoms with Gasteiger partial charge in [-0.15, -0.1) is 0 Å². The minimum Gasteiger partial charge on any atom is -1.00 e. The minimum absolute atomic E-state index is 0. The van der Waals surface area contributed by atoms with Gasteiger partial charge < -0.3 is 49.0 Å². The van der Waals surface area contributed by atoms with Gasteiger partial charge in [-0.2, -0.15) is 0 Å². The zero-order valence-corrected chi connectivity index (χ0v) is 22.8. The molecule has 6 rings (SSSR count). The van der Waals surface area contributed by atoms with Gasteiger partial charge in [0, 0.05) is 27.6 Å². The van der Waals surface area contributed by atoms with E-state index in [0.29, 0.717) is 0 Å². The maximum atomic E-state index is 11.2. The van der Waals surface area contributed by atoms with E-state index < -0.39 is 5.97 Å². The van der Waals surface area contributed by atoms with Crippen LogP contribution >= 0.6 is 0 Å². The van der Waals surface area contributed by atoms with Crippen molar-refractivity contribution >= 4 is 52.3 Å². The third kappa shape index (κ3) is 5.60. The molecule has 0 atom stereocenters. The van der Waals surface area contributed by atoms with Gasteiger partial charge in [0.05, 0.1) is 28.3 Å². The quantitative estimate of drug-likeness (QED) is 0.232. The predicted octanol–water partition coefficient (Wildman–Crippen LogP) is 0.0263. The average Bonchev–Trinajstić information content (AvgIpc) is 3.59. The van der Waals surface area contributed by atoms with E-state index >= 15 is 0 Å². The number of nitrogens with one attached hydrogen (secondary N) is 2. The van der Waals surface area contributed by atoms with E-state index in [1.54, 1.807) is 12.1 Å². The van der Waals surface area contributed by atoms with Crippen LogP contribution in [0.15, 0.2) is 66.7 Å². The molecule has 0 radical (unpaired) electrons. The Morgan fingerprint density at radius 1 is 0.639 bits per heavy atom. The molecule has 36 heavy (non-hydrogen) atoms. The van der Waals surface area contributed by atoms with Crippen molar-refractivity contribution in [1.82, 2.24) is 19.9 Å². The molecular formula is C27H18Br2FeN4O2. The number of aromatic nitrogens is 4. The zero-order valence-electron chi connectivity index (χ0n) is 18.5. The summed E-state index contributed by atoms with van der Waals surface area (Å²) < 4.78 is 0. The van der Waals surface area contributed by atoms with Crippen LogP contribution in [0.3, 0.4) is 0 Å². The van der Waals surface area contributed by atoms with E-state index in [2.05, 4.69) is 9.97 Å². The zero-order chi connectivity index (χ0) is 22.4. The fourth-order valence-electron chi connectivity index (χ4n) is 4.05. The van der Waals surface area contributed by atoms with Crippen molar-refractivity contribution in [2.24, 2.45) is 0 Å². The number of hydrogen-bond donors (Lipinski definition) is 3. The molecule has 0 saturated carbocycles. The molecule has 0 aliphatic carbocycles. The number of carboxylic acid groups (broad SMARTS) is 1. The second-order valence-electron chi connectivity index (χ2n) is 7.97. The number of carboxylic acids is 1. The van der Waals surface area contributed by atoms with Crippen molar-refractivity contribution in [1.29, 1.82) is 0 Å². The van der Waals surface area contributed by atoms with E-state index in [4.69, 9.17) is 9.97 Å². The molecule has 2 aliphatic heterocycles. The molecular weight excluding hydrogens is 628 g/mol. The summed E-state index contributed by atoms with van der Waals surface area (Å²) in [5, 5.41) is 9.23. The Kier molecular flexibility index (Phi) is 8.53. The van der Waals surface area contributed by atoms with Crippen molar-refractivity contribution in [3.8, 4) is 11.1 Å². The number of nitrogens with zero attached hydrogens (tertiary/aromatic N) is 2. The van der Waals surface area contributed by atoms with Gasteiger partial charge in [-0.25, -0.2) is 14.8 Å². The molecule has 3 N–H and O–H groups in total. The maximum absolute atomic E-state index is 11.2. The van der Waals surface area contributed by atoms with Gasteiger partial charge >= 0.3 is 23.0 Å². The van der Waals surface area contributed by atoms with Gasteiger partial charge in [0.2, 0.25) is 0 Å². The topological polar surface area (TPSA) is 94.7 Å². The normalized spacial score (nSPS) is 11.2. The van der Waals surface area contributed by atoms with Crippen molar-refractivity contribution in [3.05, 3.63) is 95.1 Å². The Morgan fingerprint density at radius 2 is 1.14 bits per heavy atom. The molecule has 9 heteroatoms. The first kappa shape index (κ1) is 27.4. The van der Waals surface area contributed by atoms with Crippen LogP contribution in [0.1, 0.15) is 33.1 Å². The van der Waals surface area contributed by atoms with Crippen molar-refractivity contribution in [3.63, 3.8) is 0 Å². The summed E-state index contributed by atoms with van der Waals surface area (Å²) in [4.78, 5) is 27.5. The second kappa shape index (κ2) is 11.2. The van der Waals surface area contributed by atoms with Gasteiger partial charge in [-0.05, 0) is 84.5 Å². The molecule has 0 spiro atoms. The Labute approximate surface area is 238 Å². The summed E-state index contributed by atoms with van der Waals surface area (Å²) in [5.41, 5.74) is 9.29. The van der Waals surface area contributed by atoms with Gasteiger partial charge in [-0.3, -0.25) is 0 Å². The number of halogens is 2. The number of rotatable bonds is 2. The van der Waals surface area contributed by atoms with E-state index in [1.807, 2.05) is 78.9 Å². The summed E-state index contributed by atoms with van der Waals surface area (Å²) in [7, 11) is 0. The van der Waals surface area contributed by atoms with Crippen LogP contribution in [0.4, 0.5) is 0 Å². The number of aromatic carboxylic acids is 1. The van der Waals surface area contributed by atoms with E-state index in [1.165, 1.54) is 0 Å². The molecule has 0 amide bonds. The Bertz CT molecular complexity index is 1650. The van der Waals surface area contributed by atoms with Crippen molar-refractivity contribution < 1.29 is 60.9 Å². The molecule has 0 unspecified atom stereocenters. The fraction of sp³-hybridized carbons (Fsp3) is 0. The van der Waals surface area contributed by atoms with Crippen LogP contribution in [0, 0.1) is 0 Å². The first-order valence-electron chi connectivity index (χ1n) is 10.5. The average molecular weight is 646 g/mol. The number of fused-ring (bicyclic) bond motifs is 8. The number of carbonyl (C=O) groups is 1. The summed E-state index contributed by atoms with van der Waals surface area (Å²) in [6.07, 6.45) is 7.93. The first-order valence-corrected chi connectivity index (χ1v) is 10.5. The van der Waals surface area contributed by atoms with Gasteiger partial charge in [-0.1, -0.05) is 12.1 Å². The Morgan fingerprint density at radius 3 is 1.67 bits per heavy atom. The van der Waals surface area contributed by atoms with Crippen molar-refractivity contribution in [2.75, 3.05) is 0 Å². The number of aromatic amines is 2. The third-order valence-corrected chi connectivity index (χ3v) is 5.61. The number of H-pyrrole nitrogens is 2. The molecule has 2 aliphatic rings. The smallest absolute Gasteiger partial charge is 1.00 e. The third-order valence-electron chi connectivity index (χ3n) is 5.61. The predicted molar refractivity (Wildman–Crippen MR) is 131 cm³/mol. The molecule has 5 heterocycles. The maximum Gasteiger partial charge on any atom is 2.00 e. The van der Waals surface area contributed by atoms with Crippen molar-refractivity contribution in [2.45, 2.75) is 0 Å². The summed E-state index contributed by atoms with van der Waals surface area (Å²) >= 11 is 0. The molecule has 1 aromatic carbocycles. The number of benzene rings is 1. The fourth-order valence-corrected chi connectivity index (χ4v) is 4.05. The van der Waals surface area contributed by atoms with Gasteiger partial charge in [0.1, 0.15) is 0 Å². The first-order chi connectivity index (χ1) is 16.1. The summed E-state index contributed by atoms with van der Waals surface area (Å²) in [6.45, 7) is 0. The Balaban J connectivity index is 0.00000120. The van der Waals surface area contributed by atoms with Gasteiger partial charge in [0.25, 0.3) is 0 Å². The standard InChI is InChI=1S/C27H18N4O2.2BrH.Fe/c32-27(33)17-3-1-16(2-4-17)25-14-24-13-22-8-7-20(29-22)11-18-5-6-19(28-18)12-21-9-10-23(30-21)15-26(25)31-24;;;/h1-15,28,31H,(H,32,33);2*1H;/q;;;+2/p-2. The van der Waals surface area contributed by atoms with Crippen LogP contribution < -0.4 is 34.0 Å². The molecule has 3 aromatic heterocycles. The molecule has 6 nitrogen and oxygen atoms in total. The second-order valence-corrected chi connectivity index (χ2v) is 7.97. The Hall–Kier alpha value is -3.23. The van der Waals surface area contributed by atoms with Crippen LogP contribution in [0.5, 0.6) is 0 Å². The molecule has 4 aromatic rings. The van der Waals surface area contributed by atoms with Crippen LogP contribution in [-0.4, -0.2) is 31.0 Å². The summed E-state index contributed by atoms with van der Waals surface area (Å²) in [5.74, 6) is -0.942. The van der Waals surface area contributed by atoms with Crippen LogP contribution in [-0.2, 0) is 17.1 Å². The largest absolute Gasteiger partial charge is 2.00 e. The monoisotopic (exact) mass is 644 g/mol. The molecule has 180 valence electrons. The number of hydrogen-bond acceptors (Lipinski definition) is 3. The molecule has 8 bridgehead atoms.